The van der Waals surface area contributed by atoms with Crippen LogP contribution in [0.2, 0.25) is 0 Å². The Hall–Kier alpha value is -0.810. The smallest absolute Gasteiger partial charge is 0.404 e. The van der Waals surface area contributed by atoms with Crippen molar-refractivity contribution in [3.63, 3.8) is 0 Å². The number of carbonyl (C=O) groups is 1. The van der Waals surface area contributed by atoms with E-state index in [2.05, 4.69) is 25.7 Å². The minimum atomic E-state index is -0.648. The highest BCUT2D eigenvalue weighted by molar-refractivity contribution is 5.64. The first-order chi connectivity index (χ1) is 9.88. The fourth-order valence-corrected chi connectivity index (χ4v) is 3.82. The van der Waals surface area contributed by atoms with Gasteiger partial charge in [0.1, 0.15) is 6.10 Å². The quantitative estimate of drug-likeness (QED) is 0.869. The average molecular weight is 298 g/mol. The number of hydrogen-bond acceptors (Lipinski definition) is 4. The van der Waals surface area contributed by atoms with Crippen LogP contribution in [0.15, 0.2) is 0 Å². The van der Waals surface area contributed by atoms with Crippen LogP contribution in [0.5, 0.6) is 0 Å². The number of hydrogen-bond donors (Lipinski definition) is 1. The second-order valence-electron chi connectivity index (χ2n) is 7.44. The van der Waals surface area contributed by atoms with Gasteiger partial charge in [0.15, 0.2) is 0 Å². The molecule has 2 rings (SSSR count). The maximum absolute atomic E-state index is 11.2. The molecule has 0 radical (unpaired) electrons. The second-order valence-corrected chi connectivity index (χ2v) is 7.44. The van der Waals surface area contributed by atoms with E-state index in [9.17, 15) is 4.79 Å². The van der Waals surface area contributed by atoms with Gasteiger partial charge in [-0.2, -0.15) is 0 Å². The first-order valence-corrected chi connectivity index (χ1v) is 8.16. The maximum Gasteiger partial charge on any atom is 0.404 e. The van der Waals surface area contributed by atoms with Gasteiger partial charge in [-0.05, 0) is 37.0 Å². The van der Waals surface area contributed by atoms with Gasteiger partial charge in [-0.25, -0.2) is 4.79 Å². The normalized spacial score (nSPS) is 29.9. The van der Waals surface area contributed by atoms with Crippen molar-refractivity contribution < 1.29 is 14.3 Å². The molecule has 2 N–H and O–H groups in total. The van der Waals surface area contributed by atoms with Crippen LogP contribution >= 0.6 is 0 Å². The summed E-state index contributed by atoms with van der Waals surface area (Å²) in [5.41, 5.74) is 5.19. The van der Waals surface area contributed by atoms with Gasteiger partial charge in [0.25, 0.3) is 0 Å². The molecule has 2 aliphatic rings. The second kappa shape index (κ2) is 6.97. The van der Waals surface area contributed by atoms with Gasteiger partial charge in [0.05, 0.1) is 13.2 Å². The highest BCUT2D eigenvalue weighted by Gasteiger charge is 2.38. The van der Waals surface area contributed by atoms with Crippen molar-refractivity contribution in [1.29, 1.82) is 0 Å². The topological polar surface area (TPSA) is 64.8 Å². The summed E-state index contributed by atoms with van der Waals surface area (Å²) in [4.78, 5) is 13.7. The van der Waals surface area contributed by atoms with E-state index >= 15 is 0 Å². The number of amides is 1. The molecule has 0 spiro atoms. The fourth-order valence-electron chi connectivity index (χ4n) is 3.82. The first-order valence-electron chi connectivity index (χ1n) is 8.16. The van der Waals surface area contributed by atoms with E-state index in [0.717, 1.165) is 39.1 Å². The van der Waals surface area contributed by atoms with E-state index in [1.165, 1.54) is 12.8 Å². The van der Waals surface area contributed by atoms with Crippen molar-refractivity contribution in [2.75, 3.05) is 26.3 Å². The summed E-state index contributed by atoms with van der Waals surface area (Å²) in [6, 6.07) is 0.666. The first kappa shape index (κ1) is 16.6. The lowest BCUT2D eigenvalue weighted by Crippen LogP contribution is -2.47. The van der Waals surface area contributed by atoms with E-state index in [1.54, 1.807) is 0 Å². The number of primary amides is 1. The Labute approximate surface area is 128 Å². The van der Waals surface area contributed by atoms with Gasteiger partial charge in [-0.15, -0.1) is 0 Å². The van der Waals surface area contributed by atoms with Crippen LogP contribution in [0, 0.1) is 11.3 Å². The van der Waals surface area contributed by atoms with Crippen molar-refractivity contribution in [2.24, 2.45) is 17.1 Å². The maximum atomic E-state index is 11.2. The molecular formula is C16H30N2O3. The number of ether oxygens (including phenoxy) is 2. The Morgan fingerprint density at radius 2 is 1.76 bits per heavy atom. The van der Waals surface area contributed by atoms with E-state index in [4.69, 9.17) is 15.2 Å². The largest absolute Gasteiger partial charge is 0.446 e. The predicted octanol–water partition coefficient (Wildman–Crippen LogP) is 2.39. The molecule has 5 nitrogen and oxygen atoms in total. The Morgan fingerprint density at radius 1 is 1.19 bits per heavy atom. The summed E-state index contributed by atoms with van der Waals surface area (Å²) in [6.07, 6.45) is 3.85. The van der Waals surface area contributed by atoms with Crippen molar-refractivity contribution in [3.05, 3.63) is 0 Å². The summed E-state index contributed by atoms with van der Waals surface area (Å²) in [5, 5.41) is 0. The van der Waals surface area contributed by atoms with Gasteiger partial charge < -0.3 is 15.2 Å². The predicted molar refractivity (Wildman–Crippen MR) is 82.0 cm³/mol. The third kappa shape index (κ3) is 4.58. The van der Waals surface area contributed by atoms with Crippen molar-refractivity contribution in [2.45, 2.75) is 58.6 Å². The molecule has 2 fully saturated rings. The van der Waals surface area contributed by atoms with E-state index in [0.29, 0.717) is 12.0 Å². The van der Waals surface area contributed by atoms with Crippen molar-refractivity contribution in [3.8, 4) is 0 Å². The zero-order chi connectivity index (χ0) is 15.5. The minimum Gasteiger partial charge on any atom is -0.446 e. The number of nitrogens with zero attached hydrogens (tertiary/aromatic N) is 1. The molecule has 0 aromatic rings. The lowest BCUT2D eigenvalue weighted by atomic mass is 9.73. The Morgan fingerprint density at radius 3 is 2.24 bits per heavy atom. The van der Waals surface area contributed by atoms with Crippen molar-refractivity contribution >= 4 is 6.09 Å². The van der Waals surface area contributed by atoms with Gasteiger partial charge in [-0.1, -0.05) is 20.8 Å². The van der Waals surface area contributed by atoms with Crippen LogP contribution in [-0.4, -0.2) is 49.4 Å². The van der Waals surface area contributed by atoms with E-state index in [-0.39, 0.29) is 11.5 Å². The third-order valence-electron chi connectivity index (χ3n) is 4.83. The van der Waals surface area contributed by atoms with E-state index < -0.39 is 6.09 Å². The number of morpholine rings is 1. The lowest BCUT2D eigenvalue weighted by molar-refractivity contribution is -0.0346. The zero-order valence-corrected chi connectivity index (χ0v) is 13.6. The van der Waals surface area contributed by atoms with Crippen LogP contribution in [0.3, 0.4) is 0 Å². The molecule has 1 amide bonds. The SMILES string of the molecule is CC(C)(C)C(OC(N)=O)C1CCC(N2CCOCC2)CC1. The van der Waals surface area contributed by atoms with Gasteiger partial charge in [0.2, 0.25) is 0 Å². The summed E-state index contributed by atoms with van der Waals surface area (Å²) in [7, 11) is 0. The summed E-state index contributed by atoms with van der Waals surface area (Å²) < 4.78 is 10.9. The molecule has 1 aliphatic heterocycles. The molecule has 0 aromatic carbocycles. The minimum absolute atomic E-state index is 0.0640. The highest BCUT2D eigenvalue weighted by atomic mass is 16.6. The zero-order valence-electron chi connectivity index (χ0n) is 13.6. The number of carbonyl (C=O) groups excluding carboxylic acids is 1. The monoisotopic (exact) mass is 298 g/mol. The van der Waals surface area contributed by atoms with E-state index in [1.807, 2.05) is 0 Å². The van der Waals surface area contributed by atoms with Crippen LogP contribution in [0.4, 0.5) is 4.79 Å². The Balaban J connectivity index is 1.89. The molecule has 0 aromatic heterocycles. The molecule has 1 unspecified atom stereocenters. The van der Waals surface area contributed by atoms with Crippen molar-refractivity contribution in [1.82, 2.24) is 4.90 Å². The average Bonchev–Trinajstić information content (AvgIpc) is 2.45. The van der Waals surface area contributed by atoms with Crippen LogP contribution in [0.25, 0.3) is 0 Å². The number of rotatable bonds is 3. The number of nitrogens with two attached hydrogens (primary N) is 1. The Kier molecular flexibility index (Phi) is 5.49. The molecular weight excluding hydrogens is 268 g/mol. The van der Waals surface area contributed by atoms with Gasteiger partial charge in [0, 0.05) is 19.1 Å². The molecule has 122 valence electrons. The summed E-state index contributed by atoms with van der Waals surface area (Å²) in [5.74, 6) is 0.426. The molecule has 5 heteroatoms. The Bertz CT molecular complexity index is 340. The molecule has 1 saturated heterocycles. The van der Waals surface area contributed by atoms with Gasteiger partial charge >= 0.3 is 6.09 Å². The molecule has 1 heterocycles. The highest BCUT2D eigenvalue weighted by Crippen LogP contribution is 2.38. The molecule has 1 aliphatic carbocycles. The standard InChI is InChI=1S/C16H30N2O3/c1-16(2,3)14(21-15(17)19)12-4-6-13(7-5-12)18-8-10-20-11-9-18/h12-14H,4-11H2,1-3H3,(H2,17,19). The third-order valence-corrected chi connectivity index (χ3v) is 4.83. The van der Waals surface area contributed by atoms with Crippen LogP contribution in [0.1, 0.15) is 46.5 Å². The molecule has 1 atom stereocenters. The van der Waals surface area contributed by atoms with Gasteiger partial charge in [-0.3, -0.25) is 4.90 Å². The summed E-state index contributed by atoms with van der Waals surface area (Å²) >= 11 is 0. The molecule has 1 saturated carbocycles. The molecule has 21 heavy (non-hydrogen) atoms. The fraction of sp³-hybridized carbons (Fsp3) is 0.938. The summed E-state index contributed by atoms with van der Waals surface area (Å²) in [6.45, 7) is 10.2. The van der Waals surface area contributed by atoms with Crippen LogP contribution in [-0.2, 0) is 9.47 Å². The van der Waals surface area contributed by atoms with Crippen LogP contribution < -0.4 is 5.73 Å². The molecule has 0 bridgehead atoms. The lowest BCUT2D eigenvalue weighted by Gasteiger charge is -2.43.